The summed E-state index contributed by atoms with van der Waals surface area (Å²) in [6.45, 7) is -0.291. The van der Waals surface area contributed by atoms with Gasteiger partial charge in [0.1, 0.15) is 11.8 Å². The highest BCUT2D eigenvalue weighted by atomic mass is 19.4. The number of carbonyl (C=O) groups excluding carboxylic acids is 2. The summed E-state index contributed by atoms with van der Waals surface area (Å²) >= 11 is 0. The quantitative estimate of drug-likeness (QED) is 0.827. The van der Waals surface area contributed by atoms with E-state index in [1.54, 1.807) is 24.3 Å². The normalized spacial score (nSPS) is 16.9. The molecule has 1 N–H and O–H groups in total. The number of aromatic nitrogens is 2. The molecule has 1 aromatic carbocycles. The number of methoxy groups -OCH3 is 1. The molecular weight excluding hydrogens is 381 g/mol. The number of amides is 2. The van der Waals surface area contributed by atoms with Gasteiger partial charge in [-0.2, -0.15) is 18.2 Å². The fourth-order valence-electron chi connectivity index (χ4n) is 2.99. The molecule has 3 rings (SSSR count). The van der Waals surface area contributed by atoms with Crippen molar-refractivity contribution >= 4 is 11.8 Å². The second-order valence-corrected chi connectivity index (χ2v) is 6.08. The standard InChI is InChI=1S/C17H17F3N4O4/c1-27-12-7-3-2-5-10(12)14-22-13(28-23-14)9-21-15(25)11-6-4-8-24(11)16(26)17(18,19)20/h2-3,5,7,11H,4,6,8-9H2,1H3,(H,21,25). The zero-order chi connectivity index (χ0) is 20.3. The Morgan fingerprint density at radius 1 is 1.36 bits per heavy atom. The maximum Gasteiger partial charge on any atom is 0.471 e. The SMILES string of the molecule is COc1ccccc1-c1noc(CNC(=O)C2CCCN2C(=O)C(F)(F)F)n1. The van der Waals surface area contributed by atoms with Crippen LogP contribution >= 0.6 is 0 Å². The second-order valence-electron chi connectivity index (χ2n) is 6.08. The van der Waals surface area contributed by atoms with Crippen LogP contribution in [0.5, 0.6) is 5.75 Å². The third kappa shape index (κ3) is 4.07. The van der Waals surface area contributed by atoms with Gasteiger partial charge in [-0.3, -0.25) is 9.59 Å². The van der Waals surface area contributed by atoms with E-state index in [-0.39, 0.29) is 31.2 Å². The van der Waals surface area contributed by atoms with Crippen LogP contribution in [0.15, 0.2) is 28.8 Å². The molecule has 8 nitrogen and oxygen atoms in total. The molecule has 11 heteroatoms. The van der Waals surface area contributed by atoms with Crippen LogP contribution in [0.4, 0.5) is 13.2 Å². The summed E-state index contributed by atoms with van der Waals surface area (Å²) in [5.41, 5.74) is 0.587. The first-order chi connectivity index (χ1) is 13.3. The van der Waals surface area contributed by atoms with Crippen LogP contribution in [0.3, 0.4) is 0 Å². The molecule has 2 amide bonds. The molecule has 0 saturated carbocycles. The number of halogens is 3. The van der Waals surface area contributed by atoms with E-state index in [0.717, 1.165) is 0 Å². The van der Waals surface area contributed by atoms with Crippen molar-refractivity contribution < 1.29 is 32.0 Å². The Morgan fingerprint density at radius 2 is 2.11 bits per heavy atom. The van der Waals surface area contributed by atoms with Crippen molar-refractivity contribution in [3.63, 3.8) is 0 Å². The maximum atomic E-state index is 12.6. The number of nitrogens with one attached hydrogen (secondary N) is 1. The molecule has 2 aromatic rings. The molecule has 0 aliphatic carbocycles. The van der Waals surface area contributed by atoms with Gasteiger partial charge in [-0.25, -0.2) is 0 Å². The number of nitrogens with zero attached hydrogens (tertiary/aromatic N) is 3. The number of likely N-dealkylation sites (tertiary alicyclic amines) is 1. The van der Waals surface area contributed by atoms with Crippen LogP contribution < -0.4 is 10.1 Å². The minimum atomic E-state index is -5.01. The molecule has 0 spiro atoms. The average molecular weight is 398 g/mol. The first kappa shape index (κ1) is 19.6. The van der Waals surface area contributed by atoms with E-state index in [4.69, 9.17) is 9.26 Å². The Balaban J connectivity index is 1.64. The molecular formula is C17H17F3N4O4. The predicted octanol–water partition coefficient (Wildman–Crippen LogP) is 1.91. The van der Waals surface area contributed by atoms with E-state index in [1.807, 2.05) is 0 Å². The molecule has 1 atom stereocenters. The summed E-state index contributed by atoms with van der Waals surface area (Å²) in [7, 11) is 1.50. The zero-order valence-electron chi connectivity index (χ0n) is 14.8. The highest BCUT2D eigenvalue weighted by molar-refractivity contribution is 5.90. The van der Waals surface area contributed by atoms with Gasteiger partial charge in [0.15, 0.2) is 0 Å². The third-order valence-corrected chi connectivity index (χ3v) is 4.29. The van der Waals surface area contributed by atoms with E-state index in [2.05, 4.69) is 15.5 Å². The highest BCUT2D eigenvalue weighted by Crippen LogP contribution is 2.27. The van der Waals surface area contributed by atoms with Gasteiger partial charge >= 0.3 is 12.1 Å². The van der Waals surface area contributed by atoms with Crippen molar-refractivity contribution in [2.45, 2.75) is 31.6 Å². The van der Waals surface area contributed by atoms with Crippen LogP contribution in [0.1, 0.15) is 18.7 Å². The smallest absolute Gasteiger partial charge is 0.471 e. The van der Waals surface area contributed by atoms with E-state index < -0.39 is 24.0 Å². The minimum Gasteiger partial charge on any atom is -0.496 e. The summed E-state index contributed by atoms with van der Waals surface area (Å²) in [4.78, 5) is 28.4. The van der Waals surface area contributed by atoms with Gasteiger partial charge < -0.3 is 19.5 Å². The topological polar surface area (TPSA) is 97.6 Å². The Morgan fingerprint density at radius 3 is 2.82 bits per heavy atom. The van der Waals surface area contributed by atoms with Gasteiger partial charge in [-0.1, -0.05) is 17.3 Å². The number of hydrogen-bond acceptors (Lipinski definition) is 6. The number of rotatable bonds is 5. The Hall–Kier alpha value is -3.11. The molecule has 150 valence electrons. The lowest BCUT2D eigenvalue weighted by atomic mass is 10.2. The fourth-order valence-corrected chi connectivity index (χ4v) is 2.99. The van der Waals surface area contributed by atoms with Crippen LogP contribution in [0.25, 0.3) is 11.4 Å². The fraction of sp³-hybridized carbons (Fsp3) is 0.412. The first-order valence-electron chi connectivity index (χ1n) is 8.42. The zero-order valence-corrected chi connectivity index (χ0v) is 14.8. The summed E-state index contributed by atoms with van der Waals surface area (Å²) in [5, 5.41) is 6.26. The van der Waals surface area contributed by atoms with E-state index in [9.17, 15) is 22.8 Å². The number of hydrogen-bond donors (Lipinski definition) is 1. The van der Waals surface area contributed by atoms with Crippen molar-refractivity contribution in [3.05, 3.63) is 30.2 Å². The molecule has 1 fully saturated rings. The molecule has 1 aliphatic heterocycles. The molecule has 2 heterocycles. The largest absolute Gasteiger partial charge is 0.496 e. The van der Waals surface area contributed by atoms with E-state index >= 15 is 0 Å². The second kappa shape index (κ2) is 7.87. The maximum absolute atomic E-state index is 12.6. The predicted molar refractivity (Wildman–Crippen MR) is 88.9 cm³/mol. The van der Waals surface area contributed by atoms with Gasteiger partial charge in [-0.15, -0.1) is 0 Å². The number of alkyl halides is 3. The monoisotopic (exact) mass is 398 g/mol. The van der Waals surface area contributed by atoms with Crippen molar-refractivity contribution in [1.29, 1.82) is 0 Å². The summed E-state index contributed by atoms with van der Waals surface area (Å²) in [5.74, 6) is -1.86. The molecule has 28 heavy (non-hydrogen) atoms. The van der Waals surface area contributed by atoms with Gasteiger partial charge in [0.25, 0.3) is 0 Å². The van der Waals surface area contributed by atoms with Crippen molar-refractivity contribution in [1.82, 2.24) is 20.4 Å². The van der Waals surface area contributed by atoms with Crippen molar-refractivity contribution in [2.75, 3.05) is 13.7 Å². The number of para-hydroxylation sites is 1. The Kier molecular flexibility index (Phi) is 5.52. The average Bonchev–Trinajstić information content (AvgIpc) is 3.34. The lowest BCUT2D eigenvalue weighted by molar-refractivity contribution is -0.186. The molecule has 1 aliphatic rings. The van der Waals surface area contributed by atoms with Crippen LogP contribution in [0.2, 0.25) is 0 Å². The van der Waals surface area contributed by atoms with Crippen molar-refractivity contribution in [2.24, 2.45) is 0 Å². The van der Waals surface area contributed by atoms with Gasteiger partial charge in [-0.05, 0) is 25.0 Å². The number of carbonyl (C=O) groups is 2. The lowest BCUT2D eigenvalue weighted by Crippen LogP contribution is -2.50. The molecule has 1 saturated heterocycles. The highest BCUT2D eigenvalue weighted by Gasteiger charge is 2.47. The molecule has 0 bridgehead atoms. The van der Waals surface area contributed by atoms with Crippen molar-refractivity contribution in [3.8, 4) is 17.1 Å². The number of benzene rings is 1. The van der Waals surface area contributed by atoms with E-state index in [0.29, 0.717) is 22.6 Å². The molecule has 0 radical (unpaired) electrons. The number of ether oxygens (including phenoxy) is 1. The van der Waals surface area contributed by atoms with Crippen LogP contribution in [-0.2, 0) is 16.1 Å². The summed E-state index contributed by atoms with van der Waals surface area (Å²) < 4.78 is 48.2. The molecule has 1 aromatic heterocycles. The van der Waals surface area contributed by atoms with E-state index in [1.165, 1.54) is 7.11 Å². The third-order valence-electron chi connectivity index (χ3n) is 4.29. The Labute approximate surface area is 157 Å². The molecule has 1 unspecified atom stereocenters. The van der Waals surface area contributed by atoms with Gasteiger partial charge in [0.2, 0.25) is 17.6 Å². The van der Waals surface area contributed by atoms with Crippen LogP contribution in [-0.4, -0.2) is 52.7 Å². The Bertz CT molecular complexity index is 868. The summed E-state index contributed by atoms with van der Waals surface area (Å²) in [6.07, 6.45) is -4.54. The first-order valence-corrected chi connectivity index (χ1v) is 8.42. The van der Waals surface area contributed by atoms with Crippen LogP contribution in [0, 0.1) is 0 Å². The minimum absolute atomic E-state index is 0.0703. The lowest BCUT2D eigenvalue weighted by Gasteiger charge is -2.24. The van der Waals surface area contributed by atoms with Gasteiger partial charge in [0.05, 0.1) is 19.2 Å². The van der Waals surface area contributed by atoms with Gasteiger partial charge in [0, 0.05) is 6.54 Å². The summed E-state index contributed by atoms with van der Waals surface area (Å²) in [6, 6.07) is 5.82.